The van der Waals surface area contributed by atoms with Crippen LogP contribution in [0, 0.1) is 11.8 Å². The van der Waals surface area contributed by atoms with E-state index in [-0.39, 0.29) is 25.7 Å². The van der Waals surface area contributed by atoms with E-state index in [1.54, 1.807) is 0 Å². The average Bonchev–Trinajstić information content (AvgIpc) is 3.64. The Kier molecular flexibility index (Phi) is 57.1. The minimum absolute atomic E-state index is 0.102. The maximum atomic E-state index is 13.0. The molecule has 85 heavy (non-hydrogen) atoms. The largest absolute Gasteiger partial charge is 0.472 e. The number of unbranched alkanes of at least 4 members (excludes halogenated alkanes) is 35. The Hall–Kier alpha value is -1.94. The van der Waals surface area contributed by atoms with Gasteiger partial charge in [0.05, 0.1) is 26.4 Å². The molecule has 0 aliphatic carbocycles. The number of esters is 4. The molecule has 0 heterocycles. The van der Waals surface area contributed by atoms with E-state index in [0.717, 1.165) is 109 Å². The Morgan fingerprint density at radius 1 is 0.318 bits per heavy atom. The quantitative estimate of drug-likeness (QED) is 0.0222. The topological polar surface area (TPSA) is 237 Å². The summed E-state index contributed by atoms with van der Waals surface area (Å²) >= 11 is 0. The van der Waals surface area contributed by atoms with Crippen molar-refractivity contribution >= 4 is 39.5 Å². The van der Waals surface area contributed by atoms with Crippen molar-refractivity contribution in [3.05, 3.63) is 0 Å². The first-order valence-corrected chi connectivity index (χ1v) is 37.5. The maximum absolute atomic E-state index is 13.0. The van der Waals surface area contributed by atoms with Crippen LogP contribution in [0.15, 0.2) is 0 Å². The molecule has 0 spiro atoms. The van der Waals surface area contributed by atoms with Gasteiger partial charge in [-0.15, -0.1) is 0 Å². The van der Waals surface area contributed by atoms with Gasteiger partial charge >= 0.3 is 39.5 Å². The van der Waals surface area contributed by atoms with Crippen LogP contribution in [-0.4, -0.2) is 96.7 Å². The van der Waals surface area contributed by atoms with E-state index in [4.69, 9.17) is 37.0 Å². The van der Waals surface area contributed by atoms with Gasteiger partial charge in [0.2, 0.25) is 0 Å². The van der Waals surface area contributed by atoms with E-state index in [1.807, 2.05) is 0 Å². The highest BCUT2D eigenvalue weighted by Crippen LogP contribution is 2.45. The van der Waals surface area contributed by atoms with Gasteiger partial charge in [0.1, 0.15) is 19.3 Å². The molecular weight excluding hydrogens is 1130 g/mol. The summed E-state index contributed by atoms with van der Waals surface area (Å²) in [6, 6.07) is 0. The summed E-state index contributed by atoms with van der Waals surface area (Å²) in [4.78, 5) is 72.2. The number of hydrogen-bond donors (Lipinski definition) is 3. The van der Waals surface area contributed by atoms with Crippen LogP contribution in [0.25, 0.3) is 0 Å². The predicted octanol–water partition coefficient (Wildman–Crippen LogP) is 18.4. The van der Waals surface area contributed by atoms with Gasteiger partial charge in [0.15, 0.2) is 12.2 Å². The first-order valence-electron chi connectivity index (χ1n) is 34.5. The molecular formula is C66H128O17P2. The molecule has 0 bridgehead atoms. The molecule has 0 aliphatic heterocycles. The Balaban J connectivity index is 5.20. The predicted molar refractivity (Wildman–Crippen MR) is 340 cm³/mol. The SMILES string of the molecule is CCCCCCCCCCCCCCCCCC(=O)O[C@H](COC(=O)CCCCCCCCCCCCCC(C)C)COP(=O)(O)OC[C@@H](O)COP(=O)(O)OC[C@@H](COC(=O)CCCCCCCCC)OC(=O)CCCCCCCCC(C)C. The highest BCUT2D eigenvalue weighted by atomic mass is 31.2. The number of carbonyl (C=O) groups is 4. The van der Waals surface area contributed by atoms with Crippen molar-refractivity contribution in [3.63, 3.8) is 0 Å². The van der Waals surface area contributed by atoms with Gasteiger partial charge in [0.25, 0.3) is 0 Å². The van der Waals surface area contributed by atoms with E-state index in [1.165, 1.54) is 135 Å². The van der Waals surface area contributed by atoms with Gasteiger partial charge in [-0.3, -0.25) is 37.3 Å². The van der Waals surface area contributed by atoms with Gasteiger partial charge < -0.3 is 33.8 Å². The Bertz CT molecular complexity index is 1670. The van der Waals surface area contributed by atoms with Crippen molar-refractivity contribution in [1.29, 1.82) is 0 Å². The van der Waals surface area contributed by atoms with Crippen LogP contribution in [0.1, 0.15) is 330 Å². The third-order valence-corrected chi connectivity index (χ3v) is 17.1. The molecule has 0 radical (unpaired) electrons. The second kappa shape index (κ2) is 58.4. The summed E-state index contributed by atoms with van der Waals surface area (Å²) < 4.78 is 68.0. The first-order chi connectivity index (χ1) is 40.9. The Morgan fingerprint density at radius 3 is 0.800 bits per heavy atom. The molecule has 504 valence electrons. The lowest BCUT2D eigenvalue weighted by atomic mass is 10.0. The fourth-order valence-corrected chi connectivity index (χ4v) is 11.5. The van der Waals surface area contributed by atoms with Crippen molar-refractivity contribution in [2.24, 2.45) is 11.8 Å². The van der Waals surface area contributed by atoms with E-state index in [9.17, 15) is 43.2 Å². The second-order valence-corrected chi connectivity index (χ2v) is 27.7. The second-order valence-electron chi connectivity index (χ2n) is 24.8. The summed E-state index contributed by atoms with van der Waals surface area (Å²) in [5.41, 5.74) is 0. The standard InChI is InChI=1S/C66H128O17P2/c1-7-9-11-13-15-16-17-18-19-20-23-27-31-38-44-50-65(70)82-61(55-77-64(69)49-43-37-30-26-24-21-22-25-29-34-40-46-58(3)4)56-80-84(72,73)78-52-60(67)53-79-85(74,75)81-57-62(54-76-63(68)48-42-36-28-14-12-10-8-2)83-66(71)51-45-39-33-32-35-41-47-59(5)6/h58-62,67H,7-57H2,1-6H3,(H,72,73)(H,74,75)/t60-,61-,62-/m1/s1. The van der Waals surface area contributed by atoms with Crippen molar-refractivity contribution in [2.75, 3.05) is 39.6 Å². The van der Waals surface area contributed by atoms with Crippen LogP contribution < -0.4 is 0 Å². The lowest BCUT2D eigenvalue weighted by molar-refractivity contribution is -0.161. The zero-order valence-corrected chi connectivity index (χ0v) is 56.7. The fraction of sp³-hybridized carbons (Fsp3) is 0.939. The lowest BCUT2D eigenvalue weighted by Crippen LogP contribution is -2.30. The molecule has 0 rings (SSSR count). The zero-order valence-electron chi connectivity index (χ0n) is 54.9. The normalized spacial score (nSPS) is 14.2. The number of carbonyl (C=O) groups excluding carboxylic acids is 4. The minimum Gasteiger partial charge on any atom is -0.462 e. The molecule has 0 saturated heterocycles. The highest BCUT2D eigenvalue weighted by Gasteiger charge is 2.30. The van der Waals surface area contributed by atoms with Crippen LogP contribution in [0.4, 0.5) is 0 Å². The van der Waals surface area contributed by atoms with Gasteiger partial charge in [-0.25, -0.2) is 9.13 Å². The number of hydrogen-bond acceptors (Lipinski definition) is 15. The van der Waals surface area contributed by atoms with Crippen LogP contribution in [0.3, 0.4) is 0 Å². The van der Waals surface area contributed by atoms with Crippen molar-refractivity contribution in [3.8, 4) is 0 Å². The number of phosphoric acid groups is 2. The summed E-state index contributed by atoms with van der Waals surface area (Å²) in [5.74, 6) is -0.697. The number of aliphatic hydroxyl groups is 1. The zero-order chi connectivity index (χ0) is 62.9. The molecule has 0 aromatic carbocycles. The first kappa shape index (κ1) is 83.1. The monoisotopic (exact) mass is 1250 g/mol. The van der Waals surface area contributed by atoms with Crippen molar-refractivity contribution < 1.29 is 80.2 Å². The van der Waals surface area contributed by atoms with Crippen molar-refractivity contribution in [1.82, 2.24) is 0 Å². The lowest BCUT2D eigenvalue weighted by Gasteiger charge is -2.21. The fourth-order valence-electron chi connectivity index (χ4n) is 9.88. The molecule has 2 unspecified atom stereocenters. The van der Waals surface area contributed by atoms with Gasteiger partial charge in [-0.2, -0.15) is 0 Å². The Morgan fingerprint density at radius 2 is 0.541 bits per heavy atom. The summed E-state index contributed by atoms with van der Waals surface area (Å²) in [5, 5.41) is 10.5. The third kappa shape index (κ3) is 60.7. The molecule has 0 fully saturated rings. The molecule has 0 aromatic rings. The molecule has 3 N–H and O–H groups in total. The molecule has 0 saturated carbocycles. The Labute approximate surface area is 517 Å². The van der Waals surface area contributed by atoms with Gasteiger partial charge in [-0.05, 0) is 37.5 Å². The minimum atomic E-state index is -4.95. The summed E-state index contributed by atoms with van der Waals surface area (Å²) in [7, 11) is -9.89. The van der Waals surface area contributed by atoms with Crippen LogP contribution in [0.2, 0.25) is 0 Å². The molecule has 5 atom stereocenters. The van der Waals surface area contributed by atoms with E-state index in [2.05, 4.69) is 41.5 Å². The molecule has 0 amide bonds. The summed E-state index contributed by atoms with van der Waals surface area (Å²) in [6.45, 7) is 9.39. The maximum Gasteiger partial charge on any atom is 0.472 e. The average molecular weight is 1260 g/mol. The third-order valence-electron chi connectivity index (χ3n) is 15.2. The smallest absolute Gasteiger partial charge is 0.462 e. The van der Waals surface area contributed by atoms with E-state index in [0.29, 0.717) is 31.6 Å². The van der Waals surface area contributed by atoms with Crippen LogP contribution >= 0.6 is 15.6 Å². The number of aliphatic hydroxyl groups excluding tert-OH is 1. The van der Waals surface area contributed by atoms with Gasteiger partial charge in [0, 0.05) is 25.7 Å². The van der Waals surface area contributed by atoms with Crippen molar-refractivity contribution in [2.45, 2.75) is 349 Å². The molecule has 17 nitrogen and oxygen atoms in total. The number of phosphoric ester groups is 2. The van der Waals surface area contributed by atoms with E-state index >= 15 is 0 Å². The van der Waals surface area contributed by atoms with E-state index < -0.39 is 97.5 Å². The van der Waals surface area contributed by atoms with Gasteiger partial charge in [-0.1, -0.05) is 279 Å². The number of rotatable bonds is 65. The summed E-state index contributed by atoms with van der Waals surface area (Å²) in [6.07, 6.45) is 42.0. The van der Waals surface area contributed by atoms with Crippen LogP contribution in [0.5, 0.6) is 0 Å². The number of ether oxygens (including phenoxy) is 4. The van der Waals surface area contributed by atoms with Crippen LogP contribution in [-0.2, 0) is 65.4 Å². The highest BCUT2D eigenvalue weighted by molar-refractivity contribution is 7.47. The molecule has 0 aromatic heterocycles. The molecule has 19 heteroatoms. The molecule has 0 aliphatic rings.